The van der Waals surface area contributed by atoms with E-state index in [2.05, 4.69) is 44.4 Å². The monoisotopic (exact) mass is 324 g/mol. The maximum Gasteiger partial charge on any atom is 0.0578 e. The molecule has 0 spiro atoms. The van der Waals surface area contributed by atoms with Gasteiger partial charge >= 0.3 is 0 Å². The molecule has 1 heterocycles. The minimum Gasteiger partial charge on any atom is -0.376 e. The van der Waals surface area contributed by atoms with Gasteiger partial charge in [-0.15, -0.1) is 0 Å². The lowest BCUT2D eigenvalue weighted by Crippen LogP contribution is -2.49. The Morgan fingerprint density at radius 1 is 0.870 bits per heavy atom. The number of hydrogen-bond acceptors (Lipinski definition) is 3. The average molecular weight is 325 g/mol. The molecule has 23 heavy (non-hydrogen) atoms. The molecule has 3 nitrogen and oxygen atoms in total. The van der Waals surface area contributed by atoms with Crippen molar-refractivity contribution in [3.05, 3.63) is 0 Å². The largest absolute Gasteiger partial charge is 0.376 e. The molecule has 0 N–H and O–H groups in total. The molecule has 1 saturated heterocycles. The first-order chi connectivity index (χ1) is 10.9. The van der Waals surface area contributed by atoms with Crippen LogP contribution < -0.4 is 0 Å². The van der Waals surface area contributed by atoms with E-state index >= 15 is 0 Å². The van der Waals surface area contributed by atoms with Crippen molar-refractivity contribution in [2.75, 3.05) is 32.7 Å². The van der Waals surface area contributed by atoms with E-state index < -0.39 is 0 Å². The van der Waals surface area contributed by atoms with Crippen LogP contribution in [0.15, 0.2) is 0 Å². The van der Waals surface area contributed by atoms with Gasteiger partial charge in [-0.2, -0.15) is 0 Å². The Hall–Kier alpha value is -0.120. The topological polar surface area (TPSA) is 15.7 Å². The number of rotatable bonds is 7. The highest BCUT2D eigenvalue weighted by Crippen LogP contribution is 2.31. The van der Waals surface area contributed by atoms with Crippen LogP contribution in [0.5, 0.6) is 0 Å². The van der Waals surface area contributed by atoms with Gasteiger partial charge in [-0.05, 0) is 71.6 Å². The van der Waals surface area contributed by atoms with Crippen LogP contribution in [0.3, 0.4) is 0 Å². The smallest absolute Gasteiger partial charge is 0.0578 e. The van der Waals surface area contributed by atoms with E-state index in [0.717, 1.165) is 11.8 Å². The SMILES string of the molecule is CC(C)OC1CCC(C[C@H](C)CN2CCN(C(C)C)CC2)CC1. The highest BCUT2D eigenvalue weighted by molar-refractivity contribution is 4.78. The van der Waals surface area contributed by atoms with Crippen LogP contribution in [0.25, 0.3) is 0 Å². The standard InChI is InChI=1S/C20H40N2O/c1-16(2)22-12-10-21(11-13-22)15-18(5)14-19-6-8-20(9-7-19)23-17(3)4/h16-20H,6-15H2,1-5H3/t18-,19?,20?/m0/s1. The van der Waals surface area contributed by atoms with E-state index in [1.165, 1.54) is 64.8 Å². The summed E-state index contributed by atoms with van der Waals surface area (Å²) < 4.78 is 5.98. The van der Waals surface area contributed by atoms with Crippen LogP contribution >= 0.6 is 0 Å². The Balaban J connectivity index is 1.61. The third-order valence-electron chi connectivity index (χ3n) is 5.70. The summed E-state index contributed by atoms with van der Waals surface area (Å²) in [7, 11) is 0. The zero-order valence-electron chi connectivity index (χ0n) is 16.3. The summed E-state index contributed by atoms with van der Waals surface area (Å²) in [6.07, 6.45) is 7.65. The van der Waals surface area contributed by atoms with Crippen molar-refractivity contribution in [1.82, 2.24) is 9.80 Å². The van der Waals surface area contributed by atoms with Gasteiger partial charge in [0.2, 0.25) is 0 Å². The van der Waals surface area contributed by atoms with Gasteiger partial charge in [0.05, 0.1) is 12.2 Å². The predicted molar refractivity (Wildman–Crippen MR) is 98.9 cm³/mol. The van der Waals surface area contributed by atoms with E-state index in [-0.39, 0.29) is 0 Å². The first-order valence-corrected chi connectivity index (χ1v) is 10.1. The quantitative estimate of drug-likeness (QED) is 0.703. The van der Waals surface area contributed by atoms with E-state index in [1.54, 1.807) is 0 Å². The second-order valence-corrected chi connectivity index (χ2v) is 8.60. The molecule has 2 fully saturated rings. The number of ether oxygens (including phenoxy) is 1. The van der Waals surface area contributed by atoms with Crippen LogP contribution in [-0.2, 0) is 4.74 Å². The number of nitrogens with zero attached hydrogens (tertiary/aromatic N) is 2. The summed E-state index contributed by atoms with van der Waals surface area (Å²) in [5, 5.41) is 0. The van der Waals surface area contributed by atoms with Crippen LogP contribution in [-0.4, -0.2) is 60.8 Å². The maximum absolute atomic E-state index is 5.98. The molecule has 0 unspecified atom stereocenters. The average Bonchev–Trinajstić information content (AvgIpc) is 2.49. The number of piperazine rings is 1. The normalized spacial score (nSPS) is 29.3. The molecule has 136 valence electrons. The molecular weight excluding hydrogens is 284 g/mol. The van der Waals surface area contributed by atoms with Gasteiger partial charge in [0.1, 0.15) is 0 Å². The first-order valence-electron chi connectivity index (χ1n) is 10.1. The molecule has 1 saturated carbocycles. The van der Waals surface area contributed by atoms with E-state index in [1.807, 2.05) is 0 Å². The molecule has 0 bridgehead atoms. The highest BCUT2D eigenvalue weighted by atomic mass is 16.5. The van der Waals surface area contributed by atoms with Crippen molar-refractivity contribution < 1.29 is 4.74 Å². The van der Waals surface area contributed by atoms with Crippen LogP contribution in [0.4, 0.5) is 0 Å². The summed E-state index contributed by atoms with van der Waals surface area (Å²) >= 11 is 0. The summed E-state index contributed by atoms with van der Waals surface area (Å²) in [6.45, 7) is 17.7. The summed E-state index contributed by atoms with van der Waals surface area (Å²) in [5.74, 6) is 1.78. The zero-order valence-corrected chi connectivity index (χ0v) is 16.3. The minimum absolute atomic E-state index is 0.389. The Kier molecular flexibility index (Phi) is 7.84. The molecule has 2 aliphatic rings. The maximum atomic E-state index is 5.98. The van der Waals surface area contributed by atoms with Crippen molar-refractivity contribution in [2.24, 2.45) is 11.8 Å². The van der Waals surface area contributed by atoms with Gasteiger partial charge < -0.3 is 9.64 Å². The van der Waals surface area contributed by atoms with Crippen molar-refractivity contribution in [2.45, 2.75) is 85.0 Å². The highest BCUT2D eigenvalue weighted by Gasteiger charge is 2.25. The van der Waals surface area contributed by atoms with Crippen molar-refractivity contribution >= 4 is 0 Å². The molecule has 0 radical (unpaired) electrons. The third kappa shape index (κ3) is 6.72. The van der Waals surface area contributed by atoms with Crippen molar-refractivity contribution in [1.29, 1.82) is 0 Å². The van der Waals surface area contributed by atoms with Gasteiger partial charge in [-0.3, -0.25) is 4.90 Å². The molecule has 2 rings (SSSR count). The zero-order chi connectivity index (χ0) is 16.8. The van der Waals surface area contributed by atoms with E-state index in [9.17, 15) is 0 Å². The van der Waals surface area contributed by atoms with Crippen molar-refractivity contribution in [3.63, 3.8) is 0 Å². The molecule has 1 atom stereocenters. The molecule has 0 aromatic rings. The number of hydrogen-bond donors (Lipinski definition) is 0. The fraction of sp³-hybridized carbons (Fsp3) is 1.00. The second kappa shape index (κ2) is 9.39. The van der Waals surface area contributed by atoms with E-state index in [0.29, 0.717) is 18.2 Å². The molecule has 0 aromatic carbocycles. The molecule has 1 aliphatic carbocycles. The first kappa shape index (κ1) is 19.2. The summed E-state index contributed by atoms with van der Waals surface area (Å²) in [5.41, 5.74) is 0. The molecule has 0 amide bonds. The van der Waals surface area contributed by atoms with Crippen LogP contribution in [0.1, 0.15) is 66.7 Å². The second-order valence-electron chi connectivity index (χ2n) is 8.60. The fourth-order valence-corrected chi connectivity index (χ4v) is 4.44. The lowest BCUT2D eigenvalue weighted by molar-refractivity contribution is -0.0216. The fourth-order valence-electron chi connectivity index (χ4n) is 4.44. The minimum atomic E-state index is 0.389. The molecule has 1 aliphatic heterocycles. The van der Waals surface area contributed by atoms with Crippen molar-refractivity contribution in [3.8, 4) is 0 Å². The predicted octanol–water partition coefficient (Wildman–Crippen LogP) is 4.02. The Bertz CT molecular complexity index is 316. The third-order valence-corrected chi connectivity index (χ3v) is 5.70. The van der Waals surface area contributed by atoms with Crippen LogP contribution in [0.2, 0.25) is 0 Å². The molecular formula is C20H40N2O. The Labute approximate surface area is 144 Å². The van der Waals surface area contributed by atoms with Gasteiger partial charge in [-0.1, -0.05) is 6.92 Å². The van der Waals surface area contributed by atoms with Gasteiger partial charge in [0.25, 0.3) is 0 Å². The summed E-state index contributed by atoms with van der Waals surface area (Å²) in [4.78, 5) is 5.30. The Morgan fingerprint density at radius 3 is 2.00 bits per heavy atom. The van der Waals surface area contributed by atoms with Gasteiger partial charge in [0.15, 0.2) is 0 Å². The van der Waals surface area contributed by atoms with Gasteiger partial charge in [-0.25, -0.2) is 0 Å². The lowest BCUT2D eigenvalue weighted by atomic mass is 9.82. The summed E-state index contributed by atoms with van der Waals surface area (Å²) in [6, 6.07) is 0.706. The van der Waals surface area contributed by atoms with Gasteiger partial charge in [0, 0.05) is 38.8 Å². The lowest BCUT2D eigenvalue weighted by Gasteiger charge is -2.38. The molecule has 0 aromatic heterocycles. The molecule has 3 heteroatoms. The van der Waals surface area contributed by atoms with Crippen LogP contribution in [0, 0.1) is 11.8 Å². The Morgan fingerprint density at radius 2 is 1.48 bits per heavy atom. The van der Waals surface area contributed by atoms with E-state index in [4.69, 9.17) is 4.74 Å².